The lowest BCUT2D eigenvalue weighted by Gasteiger charge is -2.01. The second-order valence-electron chi connectivity index (χ2n) is 2.43. The van der Waals surface area contributed by atoms with Crippen LogP contribution in [0, 0.1) is 6.92 Å². The molecule has 1 aromatic rings. The molecule has 0 unspecified atom stereocenters. The van der Waals surface area contributed by atoms with Crippen LogP contribution in [0.25, 0.3) is 0 Å². The van der Waals surface area contributed by atoms with Crippen LogP contribution in [0.15, 0.2) is 5.38 Å². The Bertz CT molecular complexity index is 311. The summed E-state index contributed by atoms with van der Waals surface area (Å²) in [6, 6.07) is 0. The minimum Gasteiger partial charge on any atom is -0.274 e. The van der Waals surface area contributed by atoms with E-state index in [1.165, 1.54) is 11.3 Å². The number of halogens is 1. The largest absolute Gasteiger partial charge is 0.286 e. The van der Waals surface area contributed by atoms with Gasteiger partial charge in [-0.1, -0.05) is 11.6 Å². The molecule has 0 radical (unpaired) electrons. The molecule has 0 spiro atoms. The maximum atomic E-state index is 11.3. The Morgan fingerprint density at radius 3 is 2.92 bits per heavy atom. The molecule has 3 nitrogen and oxygen atoms in total. The van der Waals surface area contributed by atoms with E-state index in [0.717, 1.165) is 5.56 Å². The van der Waals surface area contributed by atoms with Gasteiger partial charge in [-0.2, -0.15) is 0 Å². The third kappa shape index (κ3) is 2.43. The van der Waals surface area contributed by atoms with Crippen LogP contribution in [-0.2, 0) is 4.84 Å². The Morgan fingerprint density at radius 1 is 1.77 bits per heavy atom. The van der Waals surface area contributed by atoms with Crippen molar-refractivity contribution in [1.29, 1.82) is 0 Å². The summed E-state index contributed by atoms with van der Waals surface area (Å²) in [5.74, 6) is -0.287. The molecule has 0 aliphatic heterocycles. The second kappa shape index (κ2) is 4.60. The van der Waals surface area contributed by atoms with Crippen LogP contribution in [0.3, 0.4) is 0 Å². The molecule has 0 aromatic carbocycles. The molecule has 1 amide bonds. The van der Waals surface area contributed by atoms with Crippen molar-refractivity contribution in [3.05, 3.63) is 20.8 Å². The second-order valence-corrected chi connectivity index (χ2v) is 3.68. The van der Waals surface area contributed by atoms with Gasteiger partial charge in [0.05, 0.1) is 11.6 Å². The molecule has 0 aliphatic carbocycles. The first-order chi connectivity index (χ1) is 6.16. The van der Waals surface area contributed by atoms with E-state index in [1.807, 2.05) is 12.3 Å². The average Bonchev–Trinajstić information content (AvgIpc) is 2.44. The van der Waals surface area contributed by atoms with Crippen molar-refractivity contribution in [2.75, 3.05) is 6.61 Å². The molecular weight excluding hydrogens is 210 g/mol. The number of hydrogen-bond acceptors (Lipinski definition) is 3. The van der Waals surface area contributed by atoms with E-state index in [2.05, 4.69) is 5.48 Å². The molecule has 1 heterocycles. The Labute approximate surface area is 85.6 Å². The third-order valence-corrected chi connectivity index (χ3v) is 3.11. The molecule has 0 saturated carbocycles. The van der Waals surface area contributed by atoms with E-state index in [1.54, 1.807) is 6.92 Å². The lowest BCUT2D eigenvalue weighted by Crippen LogP contribution is -2.22. The fourth-order valence-corrected chi connectivity index (χ4v) is 1.93. The molecule has 1 aromatic heterocycles. The highest BCUT2D eigenvalue weighted by atomic mass is 35.5. The van der Waals surface area contributed by atoms with E-state index in [9.17, 15) is 4.79 Å². The minimum atomic E-state index is -0.287. The first-order valence-electron chi connectivity index (χ1n) is 3.82. The summed E-state index contributed by atoms with van der Waals surface area (Å²) >= 11 is 7.19. The predicted molar refractivity (Wildman–Crippen MR) is 53.2 cm³/mol. The van der Waals surface area contributed by atoms with Gasteiger partial charge in [-0.15, -0.1) is 11.3 Å². The Morgan fingerprint density at radius 2 is 2.46 bits per heavy atom. The number of carbonyl (C=O) groups excluding carboxylic acids is 1. The van der Waals surface area contributed by atoms with Crippen LogP contribution in [0.4, 0.5) is 0 Å². The zero-order chi connectivity index (χ0) is 9.84. The van der Waals surface area contributed by atoms with Crippen molar-refractivity contribution in [3.8, 4) is 0 Å². The van der Waals surface area contributed by atoms with Crippen LogP contribution >= 0.6 is 22.9 Å². The van der Waals surface area contributed by atoms with Gasteiger partial charge in [0.2, 0.25) is 0 Å². The molecule has 0 bridgehead atoms. The zero-order valence-corrected chi connectivity index (χ0v) is 8.96. The molecule has 5 heteroatoms. The lowest BCUT2D eigenvalue weighted by molar-refractivity contribution is 0.0368. The fraction of sp³-hybridized carbons (Fsp3) is 0.375. The number of nitrogens with one attached hydrogen (secondary N) is 1. The summed E-state index contributed by atoms with van der Waals surface area (Å²) in [6.07, 6.45) is 0. The van der Waals surface area contributed by atoms with Gasteiger partial charge < -0.3 is 0 Å². The molecule has 13 heavy (non-hydrogen) atoms. The predicted octanol–water partition coefficient (Wildman–Crippen LogP) is 2.39. The molecule has 0 atom stereocenters. The van der Waals surface area contributed by atoms with Gasteiger partial charge in [0, 0.05) is 0 Å². The van der Waals surface area contributed by atoms with Gasteiger partial charge in [0.15, 0.2) is 0 Å². The molecule has 72 valence electrons. The van der Waals surface area contributed by atoms with Crippen molar-refractivity contribution in [3.63, 3.8) is 0 Å². The van der Waals surface area contributed by atoms with Gasteiger partial charge in [-0.25, -0.2) is 5.48 Å². The standard InChI is InChI=1S/C8H10ClNO2S/c1-3-12-10-8(11)7-6(9)5(2)4-13-7/h4H,3H2,1-2H3,(H,10,11). The number of hydroxylamine groups is 1. The normalized spacial score (nSPS) is 10.1. The number of rotatable bonds is 3. The molecule has 1 N–H and O–H groups in total. The summed E-state index contributed by atoms with van der Waals surface area (Å²) in [5, 5.41) is 2.34. The van der Waals surface area contributed by atoms with E-state index in [0.29, 0.717) is 16.5 Å². The molecule has 0 fully saturated rings. The third-order valence-electron chi connectivity index (χ3n) is 1.41. The van der Waals surface area contributed by atoms with Crippen molar-refractivity contribution in [2.45, 2.75) is 13.8 Å². The van der Waals surface area contributed by atoms with Crippen LogP contribution in [0.5, 0.6) is 0 Å². The Balaban J connectivity index is 2.71. The number of carbonyl (C=O) groups is 1. The van der Waals surface area contributed by atoms with Crippen LogP contribution in [0.1, 0.15) is 22.2 Å². The molecular formula is C8H10ClNO2S. The highest BCUT2D eigenvalue weighted by Gasteiger charge is 2.13. The zero-order valence-electron chi connectivity index (χ0n) is 7.39. The number of amides is 1. The fourth-order valence-electron chi connectivity index (χ4n) is 0.767. The summed E-state index contributed by atoms with van der Waals surface area (Å²) < 4.78 is 0. The van der Waals surface area contributed by atoms with Gasteiger partial charge in [-0.3, -0.25) is 9.63 Å². The highest BCUT2D eigenvalue weighted by Crippen LogP contribution is 2.26. The maximum Gasteiger partial charge on any atom is 0.286 e. The number of aryl methyl sites for hydroxylation is 1. The summed E-state index contributed by atoms with van der Waals surface area (Å²) in [4.78, 5) is 16.6. The van der Waals surface area contributed by atoms with E-state index >= 15 is 0 Å². The first-order valence-corrected chi connectivity index (χ1v) is 5.08. The van der Waals surface area contributed by atoms with Gasteiger partial charge in [0.1, 0.15) is 4.88 Å². The summed E-state index contributed by atoms with van der Waals surface area (Å²) in [5.41, 5.74) is 3.20. The molecule has 0 aliphatic rings. The summed E-state index contributed by atoms with van der Waals surface area (Å²) in [7, 11) is 0. The van der Waals surface area contributed by atoms with E-state index < -0.39 is 0 Å². The monoisotopic (exact) mass is 219 g/mol. The van der Waals surface area contributed by atoms with Crippen molar-refractivity contribution in [1.82, 2.24) is 5.48 Å². The molecule has 0 saturated heterocycles. The number of thiophene rings is 1. The minimum absolute atomic E-state index is 0.287. The van der Waals surface area contributed by atoms with Gasteiger partial charge in [-0.05, 0) is 24.8 Å². The molecule has 1 rings (SSSR count). The van der Waals surface area contributed by atoms with Crippen LogP contribution < -0.4 is 5.48 Å². The quantitative estimate of drug-likeness (QED) is 0.793. The number of hydrogen-bond donors (Lipinski definition) is 1. The van der Waals surface area contributed by atoms with Gasteiger partial charge in [0.25, 0.3) is 5.91 Å². The highest BCUT2D eigenvalue weighted by molar-refractivity contribution is 7.13. The van der Waals surface area contributed by atoms with Crippen molar-refractivity contribution in [2.24, 2.45) is 0 Å². The first kappa shape index (κ1) is 10.5. The van der Waals surface area contributed by atoms with Crippen molar-refractivity contribution < 1.29 is 9.63 Å². The Hall–Kier alpha value is -0.580. The maximum absolute atomic E-state index is 11.3. The summed E-state index contributed by atoms with van der Waals surface area (Å²) in [6.45, 7) is 4.09. The lowest BCUT2D eigenvalue weighted by atomic mass is 10.3. The smallest absolute Gasteiger partial charge is 0.274 e. The van der Waals surface area contributed by atoms with E-state index in [4.69, 9.17) is 16.4 Å². The SMILES string of the molecule is CCONC(=O)c1scc(C)c1Cl. The average molecular weight is 220 g/mol. The van der Waals surface area contributed by atoms with E-state index in [-0.39, 0.29) is 5.91 Å². The van der Waals surface area contributed by atoms with Crippen LogP contribution in [-0.4, -0.2) is 12.5 Å². The Kier molecular flexibility index (Phi) is 3.71. The van der Waals surface area contributed by atoms with Crippen molar-refractivity contribution >= 4 is 28.8 Å². The topological polar surface area (TPSA) is 38.3 Å². The van der Waals surface area contributed by atoms with Crippen LogP contribution in [0.2, 0.25) is 5.02 Å². The van der Waals surface area contributed by atoms with Gasteiger partial charge >= 0.3 is 0 Å².